The Bertz CT molecular complexity index is 578. The monoisotopic (exact) mass is 268 g/mol. The number of anilines is 1. The first kappa shape index (κ1) is 11.0. The molecule has 2 N–H and O–H groups in total. The average molecular weight is 269 g/mol. The number of thiazole rings is 1. The molecule has 3 rings (SSSR count). The van der Waals surface area contributed by atoms with Gasteiger partial charge in [0.05, 0.1) is 10.0 Å². The lowest BCUT2D eigenvalue weighted by atomic mass is 10.1. The molecule has 1 heterocycles. The molecule has 5 heteroatoms. The molecule has 0 atom stereocenters. The largest absolute Gasteiger partial charge is 0.389 e. The highest BCUT2D eigenvalue weighted by atomic mass is 35.5. The van der Waals surface area contributed by atoms with E-state index in [1.165, 1.54) is 36.3 Å². The first-order chi connectivity index (χ1) is 8.15. The van der Waals surface area contributed by atoms with Gasteiger partial charge in [-0.2, -0.15) is 0 Å². The van der Waals surface area contributed by atoms with E-state index in [0.717, 1.165) is 5.01 Å². The van der Waals surface area contributed by atoms with Gasteiger partial charge >= 0.3 is 0 Å². The zero-order valence-corrected chi connectivity index (χ0v) is 10.5. The van der Waals surface area contributed by atoms with E-state index in [1.54, 1.807) is 6.07 Å². The third kappa shape index (κ3) is 2.03. The van der Waals surface area contributed by atoms with Gasteiger partial charge in [0.2, 0.25) is 0 Å². The van der Waals surface area contributed by atoms with Crippen LogP contribution < -0.4 is 5.73 Å². The lowest BCUT2D eigenvalue weighted by Gasteiger charge is -2.00. The lowest BCUT2D eigenvalue weighted by Crippen LogP contribution is -1.87. The summed E-state index contributed by atoms with van der Waals surface area (Å²) in [7, 11) is 0. The molecular weight excluding hydrogens is 259 g/mol. The Labute approximate surface area is 107 Å². The smallest absolute Gasteiger partial charge is 0.142 e. The quantitative estimate of drug-likeness (QED) is 0.892. The van der Waals surface area contributed by atoms with Crippen LogP contribution in [0.5, 0.6) is 0 Å². The molecule has 1 saturated carbocycles. The Hall–Kier alpha value is -1.13. The summed E-state index contributed by atoms with van der Waals surface area (Å²) in [5.74, 6) is 0.123. The summed E-state index contributed by atoms with van der Waals surface area (Å²) in [4.78, 5) is 4.50. The van der Waals surface area contributed by atoms with E-state index < -0.39 is 5.82 Å². The molecule has 0 aliphatic heterocycles. The summed E-state index contributed by atoms with van der Waals surface area (Å²) < 4.78 is 13.4. The highest BCUT2D eigenvalue weighted by Gasteiger charge is 2.28. The van der Waals surface area contributed by atoms with Crippen LogP contribution in [0.2, 0.25) is 5.02 Å². The molecule has 1 aromatic heterocycles. The zero-order chi connectivity index (χ0) is 12.0. The van der Waals surface area contributed by atoms with Gasteiger partial charge in [-0.3, -0.25) is 0 Å². The van der Waals surface area contributed by atoms with Crippen molar-refractivity contribution in [3.63, 3.8) is 0 Å². The number of aromatic nitrogens is 1. The van der Waals surface area contributed by atoms with Crippen LogP contribution in [0.1, 0.15) is 23.8 Å². The van der Waals surface area contributed by atoms with Crippen molar-refractivity contribution in [1.82, 2.24) is 4.98 Å². The number of benzene rings is 1. The number of hydrogen-bond acceptors (Lipinski definition) is 3. The molecule has 1 aliphatic carbocycles. The minimum Gasteiger partial charge on any atom is -0.389 e. The average Bonchev–Trinajstić information content (AvgIpc) is 3.07. The van der Waals surface area contributed by atoms with Crippen molar-refractivity contribution in [1.29, 1.82) is 0 Å². The van der Waals surface area contributed by atoms with Crippen molar-refractivity contribution < 1.29 is 4.39 Å². The molecule has 2 aromatic rings. The van der Waals surface area contributed by atoms with Gasteiger partial charge < -0.3 is 5.73 Å². The van der Waals surface area contributed by atoms with Crippen molar-refractivity contribution in [2.45, 2.75) is 18.8 Å². The van der Waals surface area contributed by atoms with Gasteiger partial charge in [-0.25, -0.2) is 9.37 Å². The predicted molar refractivity (Wildman–Crippen MR) is 68.9 cm³/mol. The fourth-order valence-electron chi connectivity index (χ4n) is 1.70. The molecule has 88 valence electrons. The molecule has 0 saturated heterocycles. The topological polar surface area (TPSA) is 38.9 Å². The second kappa shape index (κ2) is 3.96. The SMILES string of the molecule is Nc1sc(C2CC2)nc1-c1ccc(Cl)c(F)c1. The maximum Gasteiger partial charge on any atom is 0.142 e. The van der Waals surface area contributed by atoms with Gasteiger partial charge in [0.15, 0.2) is 0 Å². The number of hydrogen-bond donors (Lipinski definition) is 1. The van der Waals surface area contributed by atoms with Gasteiger partial charge in [0, 0.05) is 11.5 Å². The van der Waals surface area contributed by atoms with Crippen LogP contribution in [0.4, 0.5) is 9.39 Å². The van der Waals surface area contributed by atoms with Crippen LogP contribution in [-0.2, 0) is 0 Å². The molecule has 0 amide bonds. The lowest BCUT2D eigenvalue weighted by molar-refractivity contribution is 0.628. The van der Waals surface area contributed by atoms with Crippen molar-refractivity contribution in [3.8, 4) is 11.3 Å². The van der Waals surface area contributed by atoms with E-state index in [2.05, 4.69) is 4.98 Å². The highest BCUT2D eigenvalue weighted by Crippen LogP contribution is 2.45. The number of halogens is 2. The molecule has 1 aromatic carbocycles. The molecule has 0 bridgehead atoms. The second-order valence-corrected chi connectivity index (χ2v) is 5.64. The number of nitrogens with two attached hydrogens (primary N) is 1. The van der Waals surface area contributed by atoms with Crippen LogP contribution in [0.25, 0.3) is 11.3 Å². The molecular formula is C12H10ClFN2S. The Kier molecular flexibility index (Phi) is 2.56. The standard InChI is InChI=1S/C12H10ClFN2S/c13-8-4-3-7(5-9(8)14)10-11(15)17-12(16-10)6-1-2-6/h3-6H,1-2,15H2. The van der Waals surface area contributed by atoms with Gasteiger partial charge in [-0.05, 0) is 25.0 Å². The number of nitrogen functional groups attached to an aromatic ring is 1. The minimum atomic E-state index is -0.440. The Morgan fingerprint density at radius 2 is 2.18 bits per heavy atom. The molecule has 0 unspecified atom stereocenters. The predicted octanol–water partition coefficient (Wildman–Crippen LogP) is 4.06. The zero-order valence-electron chi connectivity index (χ0n) is 8.91. The third-order valence-electron chi connectivity index (χ3n) is 2.79. The summed E-state index contributed by atoms with van der Waals surface area (Å²) in [6.45, 7) is 0. The van der Waals surface area contributed by atoms with E-state index >= 15 is 0 Å². The van der Waals surface area contributed by atoms with Gasteiger partial charge in [0.25, 0.3) is 0 Å². The minimum absolute atomic E-state index is 0.116. The normalized spacial score (nSPS) is 15.2. The first-order valence-electron chi connectivity index (χ1n) is 5.37. The van der Waals surface area contributed by atoms with E-state index in [9.17, 15) is 4.39 Å². The van der Waals surface area contributed by atoms with Crippen LogP contribution >= 0.6 is 22.9 Å². The first-order valence-corrected chi connectivity index (χ1v) is 6.56. The van der Waals surface area contributed by atoms with Crippen molar-refractivity contribution in [3.05, 3.63) is 34.0 Å². The van der Waals surface area contributed by atoms with E-state index in [4.69, 9.17) is 17.3 Å². The highest BCUT2D eigenvalue weighted by molar-refractivity contribution is 7.16. The summed E-state index contributed by atoms with van der Waals surface area (Å²) >= 11 is 7.15. The molecule has 2 nitrogen and oxygen atoms in total. The Balaban J connectivity index is 2.04. The molecule has 17 heavy (non-hydrogen) atoms. The molecule has 1 fully saturated rings. The van der Waals surface area contributed by atoms with Crippen LogP contribution in [0.15, 0.2) is 18.2 Å². The van der Waals surface area contributed by atoms with Gasteiger partial charge in [-0.1, -0.05) is 17.7 Å². The molecule has 0 spiro atoms. The van der Waals surface area contributed by atoms with Crippen LogP contribution in [0, 0.1) is 5.82 Å². The van der Waals surface area contributed by atoms with Gasteiger partial charge in [0.1, 0.15) is 16.5 Å². The Morgan fingerprint density at radius 1 is 1.41 bits per heavy atom. The van der Waals surface area contributed by atoms with Crippen LogP contribution in [-0.4, -0.2) is 4.98 Å². The van der Waals surface area contributed by atoms with Crippen molar-refractivity contribution >= 4 is 27.9 Å². The molecule has 0 radical (unpaired) electrons. The molecule has 1 aliphatic rings. The fraction of sp³-hybridized carbons (Fsp3) is 0.250. The van der Waals surface area contributed by atoms with Crippen molar-refractivity contribution in [2.24, 2.45) is 0 Å². The van der Waals surface area contributed by atoms with E-state index in [1.807, 2.05) is 0 Å². The maximum atomic E-state index is 13.4. The Morgan fingerprint density at radius 3 is 2.82 bits per heavy atom. The van der Waals surface area contributed by atoms with Crippen LogP contribution in [0.3, 0.4) is 0 Å². The summed E-state index contributed by atoms with van der Waals surface area (Å²) in [5.41, 5.74) is 7.29. The third-order valence-corrected chi connectivity index (χ3v) is 4.14. The van der Waals surface area contributed by atoms with Gasteiger partial charge in [-0.15, -0.1) is 11.3 Å². The van der Waals surface area contributed by atoms with E-state index in [0.29, 0.717) is 22.2 Å². The summed E-state index contributed by atoms with van der Waals surface area (Å²) in [5, 5.41) is 1.83. The number of nitrogens with zero attached hydrogens (tertiary/aromatic N) is 1. The van der Waals surface area contributed by atoms with Crippen molar-refractivity contribution in [2.75, 3.05) is 5.73 Å². The number of rotatable bonds is 2. The fourth-order valence-corrected chi connectivity index (χ4v) is 2.85. The summed E-state index contributed by atoms with van der Waals surface area (Å²) in [6.07, 6.45) is 2.36. The van der Waals surface area contributed by atoms with E-state index in [-0.39, 0.29) is 5.02 Å². The second-order valence-electron chi connectivity index (χ2n) is 4.17. The maximum absolute atomic E-state index is 13.4. The summed E-state index contributed by atoms with van der Waals surface area (Å²) in [6, 6.07) is 4.65.